The van der Waals surface area contributed by atoms with E-state index in [2.05, 4.69) is 10.3 Å². The molecule has 3 rings (SSSR count). The summed E-state index contributed by atoms with van der Waals surface area (Å²) in [6, 6.07) is 10.5. The standard InChI is InChI=1S/C18H19N3O3/c1-24-16-10-7-14(12-19-16)20-18(23)13-5-8-15(9-6-13)21-11-3-2-4-17(21)22/h5-10,12H,2-4,11H2,1H3,(H,20,23). The van der Waals surface area contributed by atoms with Gasteiger partial charge in [0.15, 0.2) is 0 Å². The molecule has 1 aromatic heterocycles. The summed E-state index contributed by atoms with van der Waals surface area (Å²) in [7, 11) is 1.54. The highest BCUT2D eigenvalue weighted by molar-refractivity contribution is 6.04. The first-order valence-electron chi connectivity index (χ1n) is 7.89. The summed E-state index contributed by atoms with van der Waals surface area (Å²) in [5.74, 6) is 0.407. The van der Waals surface area contributed by atoms with E-state index in [0.29, 0.717) is 23.6 Å². The highest BCUT2D eigenvalue weighted by atomic mass is 16.5. The molecule has 0 atom stereocenters. The number of pyridine rings is 1. The van der Waals surface area contributed by atoms with Crippen molar-refractivity contribution in [3.63, 3.8) is 0 Å². The molecule has 6 nitrogen and oxygen atoms in total. The molecule has 0 unspecified atom stereocenters. The number of ether oxygens (including phenoxy) is 1. The van der Waals surface area contributed by atoms with Crippen LogP contribution in [0.2, 0.25) is 0 Å². The zero-order valence-corrected chi connectivity index (χ0v) is 13.5. The van der Waals surface area contributed by atoms with E-state index in [1.165, 1.54) is 13.3 Å². The Morgan fingerprint density at radius 1 is 1.17 bits per heavy atom. The van der Waals surface area contributed by atoms with Crippen LogP contribution in [0.15, 0.2) is 42.6 Å². The fraction of sp³-hybridized carbons (Fsp3) is 0.278. The van der Waals surface area contributed by atoms with Crippen LogP contribution in [0.25, 0.3) is 0 Å². The number of rotatable bonds is 4. The quantitative estimate of drug-likeness (QED) is 0.938. The monoisotopic (exact) mass is 325 g/mol. The average Bonchev–Trinajstić information content (AvgIpc) is 2.63. The summed E-state index contributed by atoms with van der Waals surface area (Å²) in [6.45, 7) is 0.738. The number of anilines is 2. The first-order valence-corrected chi connectivity index (χ1v) is 7.89. The largest absolute Gasteiger partial charge is 0.481 e. The Balaban J connectivity index is 1.67. The van der Waals surface area contributed by atoms with E-state index < -0.39 is 0 Å². The number of piperidine rings is 1. The lowest BCUT2D eigenvalue weighted by atomic mass is 10.1. The van der Waals surface area contributed by atoms with Crippen molar-refractivity contribution in [2.45, 2.75) is 19.3 Å². The molecule has 0 bridgehead atoms. The van der Waals surface area contributed by atoms with Crippen LogP contribution in [0.3, 0.4) is 0 Å². The van der Waals surface area contributed by atoms with Crippen molar-refractivity contribution in [1.29, 1.82) is 0 Å². The van der Waals surface area contributed by atoms with Crippen LogP contribution in [0.4, 0.5) is 11.4 Å². The van der Waals surface area contributed by atoms with E-state index in [9.17, 15) is 9.59 Å². The van der Waals surface area contributed by atoms with Crippen LogP contribution in [0.1, 0.15) is 29.6 Å². The number of aromatic nitrogens is 1. The Morgan fingerprint density at radius 2 is 1.96 bits per heavy atom. The molecular weight excluding hydrogens is 306 g/mol. The third-order valence-electron chi connectivity index (χ3n) is 3.97. The van der Waals surface area contributed by atoms with E-state index >= 15 is 0 Å². The molecule has 1 aromatic carbocycles. The molecule has 2 heterocycles. The predicted molar refractivity (Wildman–Crippen MR) is 91.4 cm³/mol. The molecule has 0 radical (unpaired) electrons. The molecule has 1 aliphatic heterocycles. The van der Waals surface area contributed by atoms with Gasteiger partial charge in [0.05, 0.1) is 19.0 Å². The number of hydrogen-bond acceptors (Lipinski definition) is 4. The maximum Gasteiger partial charge on any atom is 0.255 e. The van der Waals surface area contributed by atoms with Gasteiger partial charge in [-0.1, -0.05) is 0 Å². The number of methoxy groups -OCH3 is 1. The summed E-state index contributed by atoms with van der Waals surface area (Å²) in [5, 5.41) is 2.78. The van der Waals surface area contributed by atoms with Gasteiger partial charge in [0.25, 0.3) is 5.91 Å². The first kappa shape index (κ1) is 16.0. The molecule has 2 aromatic rings. The molecule has 0 spiro atoms. The third kappa shape index (κ3) is 3.53. The molecule has 1 N–H and O–H groups in total. The highest BCUT2D eigenvalue weighted by Crippen LogP contribution is 2.21. The molecule has 24 heavy (non-hydrogen) atoms. The fourth-order valence-electron chi connectivity index (χ4n) is 2.65. The van der Waals surface area contributed by atoms with Crippen LogP contribution >= 0.6 is 0 Å². The molecule has 0 aliphatic carbocycles. The number of nitrogens with zero attached hydrogens (tertiary/aromatic N) is 2. The van der Waals surface area contributed by atoms with Crippen molar-refractivity contribution in [3.05, 3.63) is 48.2 Å². The molecule has 1 fully saturated rings. The van der Waals surface area contributed by atoms with Gasteiger partial charge in [-0.3, -0.25) is 9.59 Å². The van der Waals surface area contributed by atoms with Crippen molar-refractivity contribution >= 4 is 23.2 Å². The van der Waals surface area contributed by atoms with Gasteiger partial charge in [-0.15, -0.1) is 0 Å². The van der Waals surface area contributed by atoms with Gasteiger partial charge in [-0.05, 0) is 43.2 Å². The maximum atomic E-state index is 12.3. The van der Waals surface area contributed by atoms with E-state index in [4.69, 9.17) is 4.74 Å². The zero-order valence-electron chi connectivity index (χ0n) is 13.5. The highest BCUT2D eigenvalue weighted by Gasteiger charge is 2.19. The third-order valence-corrected chi connectivity index (χ3v) is 3.97. The van der Waals surface area contributed by atoms with Gasteiger partial charge in [-0.25, -0.2) is 4.98 Å². The molecule has 124 valence electrons. The van der Waals surface area contributed by atoms with Crippen molar-refractivity contribution in [1.82, 2.24) is 4.98 Å². The second-order valence-corrected chi connectivity index (χ2v) is 5.59. The van der Waals surface area contributed by atoms with Crippen molar-refractivity contribution in [2.24, 2.45) is 0 Å². The molecule has 0 saturated carbocycles. The van der Waals surface area contributed by atoms with Crippen molar-refractivity contribution in [2.75, 3.05) is 23.9 Å². The van der Waals surface area contributed by atoms with Gasteiger partial charge in [-0.2, -0.15) is 0 Å². The second-order valence-electron chi connectivity index (χ2n) is 5.59. The minimum atomic E-state index is -0.224. The van der Waals surface area contributed by atoms with Gasteiger partial charge >= 0.3 is 0 Å². The Labute approximate surface area is 140 Å². The second kappa shape index (κ2) is 7.12. The lowest BCUT2D eigenvalue weighted by molar-refractivity contribution is -0.119. The molecule has 2 amide bonds. The molecule has 6 heteroatoms. The SMILES string of the molecule is COc1ccc(NC(=O)c2ccc(N3CCCCC3=O)cc2)cn1. The Hall–Kier alpha value is -2.89. The van der Waals surface area contributed by atoms with Crippen molar-refractivity contribution < 1.29 is 14.3 Å². The Kier molecular flexibility index (Phi) is 4.74. The number of nitrogens with one attached hydrogen (secondary N) is 1. The van der Waals surface area contributed by atoms with Gasteiger partial charge in [0, 0.05) is 30.3 Å². The van der Waals surface area contributed by atoms with Gasteiger partial charge < -0.3 is 15.0 Å². The minimum Gasteiger partial charge on any atom is -0.481 e. The maximum absolute atomic E-state index is 12.3. The van der Waals surface area contributed by atoms with E-state index in [1.807, 2.05) is 12.1 Å². The Morgan fingerprint density at radius 3 is 2.58 bits per heavy atom. The predicted octanol–water partition coefficient (Wildman–Crippen LogP) is 2.86. The van der Waals surface area contributed by atoms with Crippen LogP contribution in [0.5, 0.6) is 5.88 Å². The summed E-state index contributed by atoms with van der Waals surface area (Å²) >= 11 is 0. The normalized spacial score (nSPS) is 14.4. The van der Waals surface area contributed by atoms with Crippen LogP contribution in [0, 0.1) is 0 Å². The summed E-state index contributed by atoms with van der Waals surface area (Å²) < 4.78 is 4.98. The van der Waals surface area contributed by atoms with E-state index in [0.717, 1.165) is 25.1 Å². The van der Waals surface area contributed by atoms with Crippen LogP contribution in [-0.4, -0.2) is 30.5 Å². The van der Waals surface area contributed by atoms with E-state index in [1.54, 1.807) is 29.2 Å². The summed E-state index contributed by atoms with van der Waals surface area (Å²) in [6.07, 6.45) is 4.09. The van der Waals surface area contributed by atoms with Crippen LogP contribution < -0.4 is 15.0 Å². The smallest absolute Gasteiger partial charge is 0.255 e. The number of carbonyl (C=O) groups is 2. The fourth-order valence-corrected chi connectivity index (χ4v) is 2.65. The zero-order chi connectivity index (χ0) is 16.9. The van der Waals surface area contributed by atoms with Gasteiger partial charge in [0.1, 0.15) is 0 Å². The topological polar surface area (TPSA) is 71.5 Å². The minimum absolute atomic E-state index is 0.141. The lowest BCUT2D eigenvalue weighted by Crippen LogP contribution is -2.35. The van der Waals surface area contributed by atoms with E-state index in [-0.39, 0.29) is 11.8 Å². The van der Waals surface area contributed by atoms with Crippen molar-refractivity contribution in [3.8, 4) is 5.88 Å². The molecular formula is C18H19N3O3. The number of hydrogen-bond donors (Lipinski definition) is 1. The number of amides is 2. The summed E-state index contributed by atoms with van der Waals surface area (Å²) in [4.78, 5) is 30.0. The lowest BCUT2D eigenvalue weighted by Gasteiger charge is -2.26. The summed E-state index contributed by atoms with van der Waals surface area (Å²) in [5.41, 5.74) is 1.96. The number of benzene rings is 1. The van der Waals surface area contributed by atoms with Crippen LogP contribution in [-0.2, 0) is 4.79 Å². The van der Waals surface area contributed by atoms with Gasteiger partial charge in [0.2, 0.25) is 11.8 Å². The number of carbonyl (C=O) groups excluding carboxylic acids is 2. The molecule has 1 saturated heterocycles. The average molecular weight is 325 g/mol. The first-order chi connectivity index (χ1) is 11.7. The molecule has 1 aliphatic rings. The Bertz CT molecular complexity index is 726.